The average molecular weight is 590 g/mol. The maximum atomic E-state index is 12.3. The van der Waals surface area contributed by atoms with Crippen molar-refractivity contribution < 1.29 is 32.3 Å². The molecule has 1 aromatic heterocycles. The zero-order valence-corrected chi connectivity index (χ0v) is 23.2. The van der Waals surface area contributed by atoms with E-state index in [0.717, 1.165) is 75.4 Å². The monoisotopic (exact) mass is 589 g/mol. The zero-order valence-electron chi connectivity index (χ0n) is 23.2. The van der Waals surface area contributed by atoms with Gasteiger partial charge in [-0.1, -0.05) is 18.6 Å². The number of nitro groups is 1. The Kier molecular flexibility index (Phi) is 9.35. The molecule has 2 aliphatic rings. The Morgan fingerprint density at radius 1 is 0.952 bits per heavy atom. The molecule has 0 bridgehead atoms. The molecule has 3 aromatic rings. The highest BCUT2D eigenvalue weighted by Crippen LogP contribution is 2.26. The second-order valence-electron chi connectivity index (χ2n) is 10.5. The van der Waals surface area contributed by atoms with Crippen molar-refractivity contribution in [1.82, 2.24) is 14.5 Å². The van der Waals surface area contributed by atoms with E-state index in [4.69, 9.17) is 9.47 Å². The molecule has 2 aliphatic heterocycles. The molecule has 1 atom stereocenters. The lowest BCUT2D eigenvalue weighted by atomic mass is 10.1. The quantitative estimate of drug-likeness (QED) is 0.156. The number of fused-ring (bicyclic) bond motifs is 1. The molecule has 1 fully saturated rings. The standard InChI is InChI=1S/C29H34F3N5O5/c30-29(31,32)42-25-9-5-22(6-10-25)4-2-1-3-14-34-16-18-35(19-17-34)23-7-11-24(12-8-23)40-21-26-13-15-36-20-27(37(38)39)33-28(36)41-26/h5-12,20,26H,1-4,13-19,21H2/t26-/m1/s1. The average Bonchev–Trinajstić information content (AvgIpc) is 3.41. The van der Waals surface area contributed by atoms with Crippen LogP contribution in [0.5, 0.6) is 17.5 Å². The minimum atomic E-state index is -4.66. The first kappa shape index (κ1) is 29.5. The lowest BCUT2D eigenvalue weighted by Gasteiger charge is -2.36. The van der Waals surface area contributed by atoms with Gasteiger partial charge < -0.3 is 29.2 Å². The van der Waals surface area contributed by atoms with Crippen molar-refractivity contribution in [1.29, 1.82) is 0 Å². The van der Waals surface area contributed by atoms with Gasteiger partial charge in [-0.15, -0.1) is 13.2 Å². The third kappa shape index (κ3) is 8.28. The van der Waals surface area contributed by atoms with E-state index < -0.39 is 11.3 Å². The van der Waals surface area contributed by atoms with Gasteiger partial charge in [-0.25, -0.2) is 0 Å². The van der Waals surface area contributed by atoms with Gasteiger partial charge in [0.15, 0.2) is 0 Å². The minimum absolute atomic E-state index is 0.188. The van der Waals surface area contributed by atoms with Crippen LogP contribution in [-0.4, -0.2) is 71.2 Å². The Labute approximate surface area is 241 Å². The van der Waals surface area contributed by atoms with Crippen LogP contribution in [-0.2, 0) is 13.0 Å². The molecular weight excluding hydrogens is 555 g/mol. The maximum Gasteiger partial charge on any atom is 0.573 e. The smallest absolute Gasteiger partial charge is 0.490 e. The summed E-state index contributed by atoms with van der Waals surface area (Å²) < 4.78 is 54.1. The lowest BCUT2D eigenvalue weighted by Crippen LogP contribution is -2.46. The van der Waals surface area contributed by atoms with Crippen molar-refractivity contribution in [3.8, 4) is 17.5 Å². The van der Waals surface area contributed by atoms with Crippen LogP contribution in [0.25, 0.3) is 0 Å². The molecule has 1 saturated heterocycles. The highest BCUT2D eigenvalue weighted by atomic mass is 19.4. The predicted octanol–water partition coefficient (Wildman–Crippen LogP) is 5.46. The van der Waals surface area contributed by atoms with Gasteiger partial charge in [-0.2, -0.15) is 0 Å². The normalized spacial score (nSPS) is 17.4. The van der Waals surface area contributed by atoms with E-state index in [2.05, 4.69) is 31.7 Å². The van der Waals surface area contributed by atoms with Gasteiger partial charge in [0.25, 0.3) is 0 Å². The van der Waals surface area contributed by atoms with Crippen LogP contribution in [0.15, 0.2) is 54.7 Å². The van der Waals surface area contributed by atoms with Crippen molar-refractivity contribution in [2.24, 2.45) is 0 Å². The van der Waals surface area contributed by atoms with Crippen LogP contribution in [0.2, 0.25) is 0 Å². The number of halogens is 3. The second kappa shape index (κ2) is 13.3. The first-order valence-electron chi connectivity index (χ1n) is 14.1. The summed E-state index contributed by atoms with van der Waals surface area (Å²) >= 11 is 0. The number of hydrogen-bond acceptors (Lipinski definition) is 8. The highest BCUT2D eigenvalue weighted by molar-refractivity contribution is 5.49. The molecule has 226 valence electrons. The SMILES string of the molecule is O=[N+]([O-])c1cn2c(n1)O[C@@H](COc1ccc(N3CCN(CCCCCc4ccc(OC(F)(F)F)cc4)CC3)cc1)CC2. The number of unbranched alkanes of at least 4 members (excludes halogenated alkanes) is 2. The summed E-state index contributed by atoms with van der Waals surface area (Å²) in [5.74, 6) is 0.338. The zero-order chi connectivity index (χ0) is 29.5. The van der Waals surface area contributed by atoms with E-state index in [1.165, 1.54) is 18.3 Å². The van der Waals surface area contributed by atoms with Crippen LogP contribution >= 0.6 is 0 Å². The van der Waals surface area contributed by atoms with Gasteiger partial charge in [0.05, 0.1) is 0 Å². The fraction of sp³-hybridized carbons (Fsp3) is 0.483. The molecule has 10 nitrogen and oxygen atoms in total. The first-order valence-corrected chi connectivity index (χ1v) is 14.1. The van der Waals surface area contributed by atoms with Gasteiger partial charge in [0.1, 0.15) is 30.4 Å². The molecule has 0 unspecified atom stereocenters. The molecule has 42 heavy (non-hydrogen) atoms. The number of piperazine rings is 1. The number of rotatable bonds is 12. The predicted molar refractivity (Wildman–Crippen MR) is 149 cm³/mol. The number of anilines is 1. The Hall–Kier alpha value is -4.00. The Balaban J connectivity index is 0.958. The Morgan fingerprint density at radius 3 is 2.36 bits per heavy atom. The Bertz CT molecular complexity index is 1310. The van der Waals surface area contributed by atoms with Crippen LogP contribution in [0, 0.1) is 10.1 Å². The summed E-state index contributed by atoms with van der Waals surface area (Å²) in [5, 5.41) is 10.9. The van der Waals surface area contributed by atoms with E-state index in [0.29, 0.717) is 19.6 Å². The van der Waals surface area contributed by atoms with Crippen molar-refractivity contribution in [2.45, 2.75) is 51.1 Å². The van der Waals surface area contributed by atoms with E-state index in [1.54, 1.807) is 16.7 Å². The van der Waals surface area contributed by atoms with E-state index in [1.807, 2.05) is 12.1 Å². The van der Waals surface area contributed by atoms with Crippen LogP contribution in [0.3, 0.4) is 0 Å². The van der Waals surface area contributed by atoms with Crippen molar-refractivity contribution in [3.63, 3.8) is 0 Å². The molecule has 0 saturated carbocycles. The number of imidazole rings is 1. The third-order valence-electron chi connectivity index (χ3n) is 7.49. The molecule has 0 radical (unpaired) electrons. The fourth-order valence-electron chi connectivity index (χ4n) is 5.21. The van der Waals surface area contributed by atoms with E-state index in [9.17, 15) is 23.3 Å². The molecule has 3 heterocycles. The number of nitrogens with zero attached hydrogens (tertiary/aromatic N) is 5. The fourth-order valence-corrected chi connectivity index (χ4v) is 5.21. The second-order valence-corrected chi connectivity index (χ2v) is 10.5. The first-order chi connectivity index (χ1) is 20.2. The number of aryl methyl sites for hydroxylation is 2. The summed E-state index contributed by atoms with van der Waals surface area (Å²) in [5.41, 5.74) is 2.16. The van der Waals surface area contributed by atoms with E-state index >= 15 is 0 Å². The van der Waals surface area contributed by atoms with Gasteiger partial charge in [0, 0.05) is 49.8 Å². The molecule has 0 N–H and O–H groups in total. The summed E-state index contributed by atoms with van der Waals surface area (Å²) in [6.07, 6.45) is 1.17. The highest BCUT2D eigenvalue weighted by Gasteiger charge is 2.31. The molecule has 0 aliphatic carbocycles. The van der Waals surface area contributed by atoms with Gasteiger partial charge in [-0.05, 0) is 72.7 Å². The Morgan fingerprint density at radius 2 is 1.67 bits per heavy atom. The number of ether oxygens (including phenoxy) is 3. The van der Waals surface area contributed by atoms with Gasteiger partial charge in [0.2, 0.25) is 0 Å². The largest absolute Gasteiger partial charge is 0.573 e. The number of alkyl halides is 3. The van der Waals surface area contributed by atoms with Crippen molar-refractivity contribution >= 4 is 11.5 Å². The van der Waals surface area contributed by atoms with Crippen molar-refractivity contribution in [2.75, 3.05) is 44.2 Å². The molecular formula is C29H34F3N5O5. The third-order valence-corrected chi connectivity index (χ3v) is 7.49. The van der Waals surface area contributed by atoms with Gasteiger partial charge >= 0.3 is 18.2 Å². The summed E-state index contributed by atoms with van der Waals surface area (Å²) in [4.78, 5) is 19.2. The molecule has 5 rings (SSSR count). The molecule has 0 spiro atoms. The summed E-state index contributed by atoms with van der Waals surface area (Å²) in [6, 6.07) is 14.4. The van der Waals surface area contributed by atoms with Crippen LogP contribution in [0.1, 0.15) is 31.2 Å². The van der Waals surface area contributed by atoms with Crippen LogP contribution < -0.4 is 19.1 Å². The number of hydrogen-bond donors (Lipinski definition) is 0. The van der Waals surface area contributed by atoms with Crippen molar-refractivity contribution in [3.05, 3.63) is 70.4 Å². The lowest BCUT2D eigenvalue weighted by molar-refractivity contribution is -0.389. The topological polar surface area (TPSA) is 95.1 Å². The summed E-state index contributed by atoms with van der Waals surface area (Å²) in [7, 11) is 0. The maximum absolute atomic E-state index is 12.3. The molecule has 13 heteroatoms. The summed E-state index contributed by atoms with van der Waals surface area (Å²) in [6.45, 7) is 5.84. The minimum Gasteiger partial charge on any atom is -0.490 e. The molecule has 0 amide bonds. The van der Waals surface area contributed by atoms with E-state index in [-0.39, 0.29) is 23.7 Å². The number of aromatic nitrogens is 2. The van der Waals surface area contributed by atoms with Gasteiger partial charge in [-0.3, -0.25) is 9.47 Å². The number of benzene rings is 2. The van der Waals surface area contributed by atoms with Crippen LogP contribution in [0.4, 0.5) is 24.7 Å². The molecule has 2 aromatic carbocycles.